The summed E-state index contributed by atoms with van der Waals surface area (Å²) in [6, 6.07) is 14.3. The summed E-state index contributed by atoms with van der Waals surface area (Å²) in [7, 11) is 1.65. The number of fused-ring (bicyclic) bond motifs is 1. The van der Waals surface area contributed by atoms with Crippen molar-refractivity contribution in [1.29, 1.82) is 0 Å². The summed E-state index contributed by atoms with van der Waals surface area (Å²) in [5.74, 6) is 1.47. The molecule has 1 atom stereocenters. The first-order valence-electron chi connectivity index (χ1n) is 11.3. The van der Waals surface area contributed by atoms with Crippen molar-refractivity contribution < 1.29 is 9.53 Å². The first kappa shape index (κ1) is 21.4. The predicted molar refractivity (Wildman–Crippen MR) is 127 cm³/mol. The number of amides is 1. The van der Waals surface area contributed by atoms with Gasteiger partial charge in [-0.1, -0.05) is 18.2 Å². The number of carbonyl (C=O) groups is 1. The molecule has 0 spiro atoms. The summed E-state index contributed by atoms with van der Waals surface area (Å²) >= 11 is 0. The van der Waals surface area contributed by atoms with Crippen molar-refractivity contribution >= 4 is 22.5 Å². The summed E-state index contributed by atoms with van der Waals surface area (Å²) in [4.78, 5) is 18.7. The van der Waals surface area contributed by atoms with Gasteiger partial charge in [0.2, 0.25) is 5.91 Å². The van der Waals surface area contributed by atoms with Gasteiger partial charge in [-0.15, -0.1) is 0 Å². The van der Waals surface area contributed by atoms with E-state index in [1.54, 1.807) is 7.11 Å². The number of aromatic amines is 1. The lowest BCUT2D eigenvalue weighted by Gasteiger charge is -2.32. The minimum absolute atomic E-state index is 0.0943. The van der Waals surface area contributed by atoms with Crippen LogP contribution in [-0.4, -0.2) is 36.0 Å². The number of para-hydroxylation sites is 1. The average molecular weight is 420 g/mol. The van der Waals surface area contributed by atoms with Crippen molar-refractivity contribution in [2.75, 3.05) is 25.5 Å². The zero-order chi connectivity index (χ0) is 21.8. The second-order valence-electron chi connectivity index (χ2n) is 8.79. The van der Waals surface area contributed by atoms with Gasteiger partial charge in [0.15, 0.2) is 0 Å². The first-order chi connectivity index (χ1) is 15.0. The van der Waals surface area contributed by atoms with E-state index in [2.05, 4.69) is 46.4 Å². The van der Waals surface area contributed by atoms with Gasteiger partial charge in [-0.25, -0.2) is 0 Å². The Morgan fingerprint density at radius 1 is 1.23 bits per heavy atom. The molecule has 1 fully saturated rings. The number of ether oxygens (including phenoxy) is 1. The Balaban J connectivity index is 1.29. The molecule has 1 amide bonds. The van der Waals surface area contributed by atoms with Gasteiger partial charge in [-0.2, -0.15) is 0 Å². The summed E-state index contributed by atoms with van der Waals surface area (Å²) in [6.07, 6.45) is 3.90. The molecule has 0 bridgehead atoms. The Morgan fingerprint density at radius 3 is 2.84 bits per heavy atom. The molecule has 4 rings (SSSR count). The lowest BCUT2D eigenvalue weighted by Crippen LogP contribution is -2.35. The third-order valence-electron chi connectivity index (χ3n) is 6.54. The quantitative estimate of drug-likeness (QED) is 0.537. The fourth-order valence-corrected chi connectivity index (χ4v) is 4.70. The van der Waals surface area contributed by atoms with Crippen LogP contribution in [0.25, 0.3) is 10.9 Å². The lowest BCUT2D eigenvalue weighted by molar-refractivity contribution is -0.116. The van der Waals surface area contributed by atoms with Crippen LogP contribution in [-0.2, 0) is 11.3 Å². The van der Waals surface area contributed by atoms with Crippen molar-refractivity contribution in [3.05, 3.63) is 59.3 Å². The van der Waals surface area contributed by atoms with E-state index in [-0.39, 0.29) is 5.91 Å². The van der Waals surface area contributed by atoms with Gasteiger partial charge in [0.1, 0.15) is 5.75 Å². The molecular formula is C26H33N3O2. The molecule has 164 valence electrons. The molecule has 1 aromatic heterocycles. The molecule has 31 heavy (non-hydrogen) atoms. The smallest absolute Gasteiger partial charge is 0.224 e. The van der Waals surface area contributed by atoms with Crippen molar-refractivity contribution in [2.24, 2.45) is 5.92 Å². The summed E-state index contributed by atoms with van der Waals surface area (Å²) in [5.41, 5.74) is 5.77. The molecule has 1 aliphatic heterocycles. The van der Waals surface area contributed by atoms with Gasteiger partial charge < -0.3 is 15.0 Å². The van der Waals surface area contributed by atoms with E-state index in [0.29, 0.717) is 12.3 Å². The van der Waals surface area contributed by atoms with E-state index >= 15 is 0 Å². The molecule has 0 aliphatic carbocycles. The number of methoxy groups -OCH3 is 1. The standard InChI is InChI=1S/C26H33N3O2/c1-18-15-21(31-3)11-12-23(18)28-26(30)13-10-20-7-6-14-29(16-20)17-25-19(2)22-8-4-5-9-24(22)27-25/h4-5,8-9,11-12,15,20,27H,6-7,10,13-14,16-17H2,1-3H3,(H,28,30)/t20-/m1/s1. The van der Waals surface area contributed by atoms with Crippen LogP contribution < -0.4 is 10.1 Å². The number of hydrogen-bond acceptors (Lipinski definition) is 3. The molecule has 2 heterocycles. The zero-order valence-electron chi connectivity index (χ0n) is 18.8. The monoisotopic (exact) mass is 419 g/mol. The molecule has 1 saturated heterocycles. The molecule has 1 aliphatic rings. The topological polar surface area (TPSA) is 57.4 Å². The van der Waals surface area contributed by atoms with Gasteiger partial charge in [0, 0.05) is 41.8 Å². The summed E-state index contributed by atoms with van der Waals surface area (Å²) in [6.45, 7) is 7.34. The normalized spacial score (nSPS) is 17.1. The predicted octanol–water partition coefficient (Wildman–Crippen LogP) is 5.42. The highest BCUT2D eigenvalue weighted by atomic mass is 16.5. The van der Waals surface area contributed by atoms with Gasteiger partial charge in [0.25, 0.3) is 0 Å². The van der Waals surface area contributed by atoms with Crippen LogP contribution in [0, 0.1) is 19.8 Å². The van der Waals surface area contributed by atoms with Gasteiger partial charge in [-0.3, -0.25) is 9.69 Å². The van der Waals surface area contributed by atoms with Crippen LogP contribution in [0.5, 0.6) is 5.75 Å². The maximum atomic E-state index is 12.5. The molecule has 0 unspecified atom stereocenters. The number of nitrogens with one attached hydrogen (secondary N) is 2. The largest absolute Gasteiger partial charge is 0.497 e. The Bertz CT molecular complexity index is 1060. The Hall–Kier alpha value is -2.79. The minimum atomic E-state index is 0.0943. The summed E-state index contributed by atoms with van der Waals surface area (Å²) < 4.78 is 5.24. The maximum absolute atomic E-state index is 12.5. The van der Waals surface area contributed by atoms with E-state index in [4.69, 9.17) is 4.74 Å². The van der Waals surface area contributed by atoms with Crippen molar-refractivity contribution in [2.45, 2.75) is 46.1 Å². The second-order valence-corrected chi connectivity index (χ2v) is 8.79. The van der Waals surface area contributed by atoms with Crippen molar-refractivity contribution in [3.63, 3.8) is 0 Å². The first-order valence-corrected chi connectivity index (χ1v) is 11.3. The highest BCUT2D eigenvalue weighted by Crippen LogP contribution is 2.27. The van der Waals surface area contributed by atoms with Gasteiger partial charge in [-0.05, 0) is 81.0 Å². The fraction of sp³-hybridized carbons (Fsp3) is 0.423. The number of hydrogen-bond donors (Lipinski definition) is 2. The number of aromatic nitrogens is 1. The number of nitrogens with zero attached hydrogens (tertiary/aromatic N) is 1. The number of piperidine rings is 1. The van der Waals surface area contributed by atoms with E-state index in [1.807, 2.05) is 25.1 Å². The fourth-order valence-electron chi connectivity index (χ4n) is 4.70. The maximum Gasteiger partial charge on any atom is 0.224 e. The Labute approximate surface area is 184 Å². The molecule has 0 radical (unpaired) electrons. The van der Waals surface area contributed by atoms with Crippen molar-refractivity contribution in [3.8, 4) is 5.75 Å². The second kappa shape index (κ2) is 9.56. The van der Waals surface area contributed by atoms with Crippen LogP contribution in [0.2, 0.25) is 0 Å². The van der Waals surface area contributed by atoms with Crippen LogP contribution >= 0.6 is 0 Å². The van der Waals surface area contributed by atoms with Gasteiger partial charge in [0.05, 0.1) is 7.11 Å². The SMILES string of the molecule is COc1ccc(NC(=O)CC[C@H]2CCCN(Cc3[nH]c4ccccc4c3C)C2)c(C)c1. The highest BCUT2D eigenvalue weighted by molar-refractivity contribution is 5.91. The molecule has 3 aromatic rings. The van der Waals surface area contributed by atoms with Crippen LogP contribution in [0.3, 0.4) is 0 Å². The third kappa shape index (κ3) is 5.10. The number of rotatable bonds is 7. The van der Waals surface area contributed by atoms with Gasteiger partial charge >= 0.3 is 0 Å². The number of H-pyrrole nitrogens is 1. The minimum Gasteiger partial charge on any atom is -0.497 e. The molecule has 5 heteroatoms. The number of benzene rings is 2. The number of anilines is 1. The lowest BCUT2D eigenvalue weighted by atomic mass is 9.93. The third-order valence-corrected chi connectivity index (χ3v) is 6.54. The number of likely N-dealkylation sites (tertiary alicyclic amines) is 1. The molecular weight excluding hydrogens is 386 g/mol. The van der Waals surface area contributed by atoms with E-state index in [0.717, 1.165) is 43.1 Å². The van der Waals surface area contributed by atoms with E-state index < -0.39 is 0 Å². The summed E-state index contributed by atoms with van der Waals surface area (Å²) in [5, 5.41) is 4.38. The number of carbonyl (C=O) groups excluding carboxylic acids is 1. The Morgan fingerprint density at radius 2 is 2.06 bits per heavy atom. The number of aryl methyl sites for hydroxylation is 2. The molecule has 5 nitrogen and oxygen atoms in total. The van der Waals surface area contributed by atoms with Crippen LogP contribution in [0.4, 0.5) is 5.69 Å². The Kier molecular flexibility index (Phi) is 6.62. The molecule has 2 aromatic carbocycles. The zero-order valence-corrected chi connectivity index (χ0v) is 18.8. The average Bonchev–Trinajstić information content (AvgIpc) is 3.09. The van der Waals surface area contributed by atoms with E-state index in [1.165, 1.54) is 35.0 Å². The van der Waals surface area contributed by atoms with Crippen LogP contribution in [0.1, 0.15) is 42.5 Å². The highest BCUT2D eigenvalue weighted by Gasteiger charge is 2.22. The van der Waals surface area contributed by atoms with Crippen molar-refractivity contribution in [1.82, 2.24) is 9.88 Å². The molecule has 0 saturated carbocycles. The van der Waals surface area contributed by atoms with E-state index in [9.17, 15) is 4.79 Å². The van der Waals surface area contributed by atoms with Crippen LogP contribution in [0.15, 0.2) is 42.5 Å². The molecule has 2 N–H and O–H groups in total.